The maximum absolute atomic E-state index is 13.8. The fourth-order valence-corrected chi connectivity index (χ4v) is 3.65. The molecule has 2 saturated heterocycles. The fourth-order valence-electron chi connectivity index (χ4n) is 3.65. The van der Waals surface area contributed by atoms with Crippen molar-refractivity contribution in [3.63, 3.8) is 0 Å². The summed E-state index contributed by atoms with van der Waals surface area (Å²) in [5.41, 5.74) is 0.0675. The second-order valence-electron chi connectivity index (χ2n) is 6.53. The van der Waals surface area contributed by atoms with E-state index >= 15 is 0 Å². The second kappa shape index (κ2) is 7.25. The molecule has 0 bridgehead atoms. The average molecular weight is 351 g/mol. The third-order valence-corrected chi connectivity index (χ3v) is 5.05. The van der Waals surface area contributed by atoms with Crippen LogP contribution in [0.5, 0.6) is 5.75 Å². The maximum Gasteiger partial charge on any atom is 0.295 e. The van der Waals surface area contributed by atoms with Gasteiger partial charge in [-0.3, -0.25) is 14.9 Å². The second-order valence-corrected chi connectivity index (χ2v) is 6.53. The number of nitro groups is 1. The summed E-state index contributed by atoms with van der Waals surface area (Å²) in [7, 11) is 1.33. The van der Waals surface area contributed by atoms with Gasteiger partial charge in [0, 0.05) is 38.2 Å². The van der Waals surface area contributed by atoms with Gasteiger partial charge >= 0.3 is 0 Å². The quantitative estimate of drug-likeness (QED) is 0.616. The molecule has 0 atom stereocenters. The highest BCUT2D eigenvalue weighted by molar-refractivity contribution is 5.79. The first kappa shape index (κ1) is 17.4. The highest BCUT2D eigenvalue weighted by Crippen LogP contribution is 2.36. The van der Waals surface area contributed by atoms with Crippen LogP contribution in [0.25, 0.3) is 0 Å². The van der Waals surface area contributed by atoms with E-state index in [2.05, 4.69) is 0 Å². The molecular weight excluding hydrogens is 329 g/mol. The lowest BCUT2D eigenvalue weighted by molar-refractivity contribution is -0.384. The van der Waals surface area contributed by atoms with Crippen LogP contribution >= 0.6 is 0 Å². The predicted octanol–water partition coefficient (Wildman–Crippen LogP) is 2.58. The van der Waals surface area contributed by atoms with Crippen LogP contribution in [0.15, 0.2) is 12.1 Å². The Morgan fingerprint density at radius 2 is 1.88 bits per heavy atom. The number of methoxy groups -OCH3 is 1. The third kappa shape index (κ3) is 3.52. The van der Waals surface area contributed by atoms with E-state index in [1.54, 1.807) is 0 Å². The summed E-state index contributed by atoms with van der Waals surface area (Å²) in [5, 5.41) is 11.3. The summed E-state index contributed by atoms with van der Waals surface area (Å²) in [6.45, 7) is 2.72. The normalized spacial score (nSPS) is 18.5. The van der Waals surface area contributed by atoms with Crippen LogP contribution in [0.4, 0.5) is 15.8 Å². The molecule has 2 aliphatic heterocycles. The van der Waals surface area contributed by atoms with Gasteiger partial charge in [-0.15, -0.1) is 0 Å². The molecule has 8 heteroatoms. The molecule has 0 N–H and O–H groups in total. The Morgan fingerprint density at radius 1 is 1.24 bits per heavy atom. The first-order valence-electron chi connectivity index (χ1n) is 8.57. The molecule has 1 aromatic rings. The van der Waals surface area contributed by atoms with Gasteiger partial charge in [-0.2, -0.15) is 0 Å². The minimum absolute atomic E-state index is 0.0177. The molecule has 0 aliphatic carbocycles. The molecule has 0 radical (unpaired) electrons. The Balaban J connectivity index is 1.74. The number of rotatable bonds is 4. The topological polar surface area (TPSA) is 75.9 Å². The zero-order valence-electron chi connectivity index (χ0n) is 14.2. The molecule has 2 fully saturated rings. The van der Waals surface area contributed by atoms with Crippen LogP contribution in [-0.4, -0.2) is 49.0 Å². The fraction of sp³-hybridized carbons (Fsp3) is 0.588. The number of nitrogens with zero attached hydrogens (tertiary/aromatic N) is 3. The van der Waals surface area contributed by atoms with E-state index in [9.17, 15) is 19.3 Å². The number of amides is 1. The molecular formula is C17H22FN3O4. The number of piperidine rings is 1. The smallest absolute Gasteiger partial charge is 0.295 e. The van der Waals surface area contributed by atoms with E-state index in [-0.39, 0.29) is 23.3 Å². The lowest BCUT2D eigenvalue weighted by Crippen LogP contribution is -2.41. The van der Waals surface area contributed by atoms with Gasteiger partial charge in [0.1, 0.15) is 5.69 Å². The lowest BCUT2D eigenvalue weighted by Gasteiger charge is -2.34. The largest absolute Gasteiger partial charge is 0.494 e. The number of benzene rings is 1. The zero-order chi connectivity index (χ0) is 18.0. The zero-order valence-corrected chi connectivity index (χ0v) is 14.2. The number of anilines is 1. The maximum atomic E-state index is 13.8. The van der Waals surface area contributed by atoms with Crippen LogP contribution in [0.1, 0.15) is 25.7 Å². The lowest BCUT2D eigenvalue weighted by atomic mass is 9.94. The number of hydrogen-bond donors (Lipinski definition) is 0. The van der Waals surface area contributed by atoms with Crippen molar-refractivity contribution >= 4 is 17.3 Å². The van der Waals surface area contributed by atoms with Crippen molar-refractivity contribution in [3.05, 3.63) is 28.1 Å². The molecule has 136 valence electrons. The monoisotopic (exact) mass is 351 g/mol. The summed E-state index contributed by atoms with van der Waals surface area (Å²) >= 11 is 0. The Hall–Kier alpha value is -2.38. The number of likely N-dealkylation sites (tertiary alicyclic amines) is 1. The van der Waals surface area contributed by atoms with Crippen LogP contribution in [0, 0.1) is 21.8 Å². The predicted molar refractivity (Wildman–Crippen MR) is 90.4 cm³/mol. The minimum Gasteiger partial charge on any atom is -0.494 e. The van der Waals surface area contributed by atoms with Gasteiger partial charge in [-0.05, 0) is 25.7 Å². The Labute approximate surface area is 145 Å². The van der Waals surface area contributed by atoms with Crippen LogP contribution < -0.4 is 9.64 Å². The van der Waals surface area contributed by atoms with Gasteiger partial charge in [-0.25, -0.2) is 4.39 Å². The van der Waals surface area contributed by atoms with Crippen molar-refractivity contribution in [2.75, 3.05) is 38.2 Å². The Morgan fingerprint density at radius 3 is 2.44 bits per heavy atom. The number of nitro benzene ring substituents is 1. The summed E-state index contributed by atoms with van der Waals surface area (Å²) in [6.07, 6.45) is 3.41. The van der Waals surface area contributed by atoms with E-state index in [1.807, 2.05) is 9.80 Å². The summed E-state index contributed by atoms with van der Waals surface area (Å²) in [4.78, 5) is 26.9. The molecule has 25 heavy (non-hydrogen) atoms. The van der Waals surface area contributed by atoms with Gasteiger partial charge in [0.15, 0.2) is 11.6 Å². The van der Waals surface area contributed by atoms with Crippen LogP contribution in [0.3, 0.4) is 0 Å². The molecule has 2 aliphatic rings. The van der Waals surface area contributed by atoms with Crippen molar-refractivity contribution in [2.45, 2.75) is 25.7 Å². The molecule has 1 amide bonds. The molecule has 0 aromatic heterocycles. The molecule has 0 saturated carbocycles. The first-order valence-corrected chi connectivity index (χ1v) is 8.57. The van der Waals surface area contributed by atoms with Crippen molar-refractivity contribution < 1.29 is 18.8 Å². The minimum atomic E-state index is -0.753. The third-order valence-electron chi connectivity index (χ3n) is 5.05. The molecule has 0 spiro atoms. The van der Waals surface area contributed by atoms with E-state index in [0.717, 1.165) is 32.0 Å². The number of hydrogen-bond acceptors (Lipinski definition) is 5. The van der Waals surface area contributed by atoms with Gasteiger partial charge in [-0.1, -0.05) is 0 Å². The van der Waals surface area contributed by atoms with Gasteiger partial charge < -0.3 is 14.5 Å². The highest BCUT2D eigenvalue weighted by Gasteiger charge is 2.32. The standard InChI is InChI=1S/C17H22FN3O4/c1-25-16-11-14(15(21(23)24)10-13(16)18)19-8-4-12(5-9-19)17(22)20-6-2-3-7-20/h10-12H,2-9H2,1H3. The SMILES string of the molecule is COc1cc(N2CCC(C(=O)N3CCCC3)CC2)c([N+](=O)[O-])cc1F. The molecule has 2 heterocycles. The number of carbonyl (C=O) groups excluding carboxylic acids is 1. The van der Waals surface area contributed by atoms with Crippen molar-refractivity contribution in [1.82, 2.24) is 4.90 Å². The van der Waals surface area contributed by atoms with Gasteiger partial charge in [0.25, 0.3) is 5.69 Å². The van der Waals surface area contributed by atoms with E-state index in [1.165, 1.54) is 13.2 Å². The first-order chi connectivity index (χ1) is 12.0. The average Bonchev–Trinajstić information content (AvgIpc) is 3.15. The summed E-state index contributed by atoms with van der Waals surface area (Å²) in [5.74, 6) is -0.605. The molecule has 3 rings (SSSR count). The van der Waals surface area contributed by atoms with Gasteiger partial charge in [0.2, 0.25) is 5.91 Å². The van der Waals surface area contributed by atoms with Crippen LogP contribution in [0.2, 0.25) is 0 Å². The highest BCUT2D eigenvalue weighted by atomic mass is 19.1. The van der Waals surface area contributed by atoms with E-state index < -0.39 is 10.7 Å². The van der Waals surface area contributed by atoms with E-state index in [4.69, 9.17) is 4.74 Å². The van der Waals surface area contributed by atoms with E-state index in [0.29, 0.717) is 31.6 Å². The molecule has 0 unspecified atom stereocenters. The van der Waals surface area contributed by atoms with Crippen molar-refractivity contribution in [2.24, 2.45) is 5.92 Å². The molecule has 7 nitrogen and oxygen atoms in total. The Bertz CT molecular complexity index is 668. The Kier molecular flexibility index (Phi) is 5.06. The number of ether oxygens (including phenoxy) is 1. The summed E-state index contributed by atoms with van der Waals surface area (Å²) < 4.78 is 18.8. The number of carbonyl (C=O) groups is 1. The van der Waals surface area contributed by atoms with Crippen molar-refractivity contribution in [3.8, 4) is 5.75 Å². The van der Waals surface area contributed by atoms with Gasteiger partial charge in [0.05, 0.1) is 18.1 Å². The molecule has 1 aromatic carbocycles. The van der Waals surface area contributed by atoms with Crippen molar-refractivity contribution in [1.29, 1.82) is 0 Å². The van der Waals surface area contributed by atoms with Crippen LogP contribution in [-0.2, 0) is 4.79 Å². The summed E-state index contributed by atoms with van der Waals surface area (Å²) in [6, 6.07) is 2.27. The number of halogens is 1.